The van der Waals surface area contributed by atoms with Crippen LogP contribution in [0.25, 0.3) is 0 Å². The van der Waals surface area contributed by atoms with E-state index in [0.29, 0.717) is 6.54 Å². The third kappa shape index (κ3) is 4.87. The Morgan fingerprint density at radius 1 is 1.33 bits per heavy atom. The smallest absolute Gasteiger partial charge is 0.270 e. The maximum Gasteiger partial charge on any atom is 0.270 e. The minimum absolute atomic E-state index is 0.141. The van der Waals surface area contributed by atoms with Gasteiger partial charge in [-0.1, -0.05) is 6.07 Å². The Labute approximate surface area is 150 Å². The van der Waals surface area contributed by atoms with Gasteiger partial charge in [-0.15, -0.1) is 11.3 Å². The Morgan fingerprint density at radius 2 is 2.08 bits per heavy atom. The maximum atomic E-state index is 12.1. The Bertz CT molecular complexity index is 778. The zero-order valence-electron chi connectivity index (χ0n) is 12.7. The van der Waals surface area contributed by atoms with E-state index in [1.807, 2.05) is 12.1 Å². The SMILES string of the molecule is CN(Cc1ccc(Br)s1)C(=O)CNC(=O)c1cccc([N+](=O)[O-])c1. The van der Waals surface area contributed by atoms with Crippen LogP contribution >= 0.6 is 27.3 Å². The maximum absolute atomic E-state index is 12.1. The summed E-state index contributed by atoms with van der Waals surface area (Å²) in [4.78, 5) is 36.7. The molecule has 7 nitrogen and oxygen atoms in total. The summed E-state index contributed by atoms with van der Waals surface area (Å²) < 4.78 is 0.984. The fourth-order valence-corrected chi connectivity index (χ4v) is 3.45. The van der Waals surface area contributed by atoms with Crippen molar-refractivity contribution >= 4 is 44.8 Å². The summed E-state index contributed by atoms with van der Waals surface area (Å²) in [5.74, 6) is -0.780. The van der Waals surface area contributed by atoms with Crippen LogP contribution in [0.2, 0.25) is 0 Å². The molecule has 0 radical (unpaired) electrons. The molecule has 0 aliphatic heterocycles. The highest BCUT2D eigenvalue weighted by Crippen LogP contribution is 2.22. The number of nitrogens with one attached hydrogen (secondary N) is 1. The van der Waals surface area contributed by atoms with Gasteiger partial charge in [0.25, 0.3) is 11.6 Å². The van der Waals surface area contributed by atoms with Crippen molar-refractivity contribution in [3.05, 3.63) is 60.7 Å². The molecular formula is C15H14BrN3O4S. The predicted octanol–water partition coefficient (Wildman–Crippen LogP) is 2.81. The molecular weight excluding hydrogens is 398 g/mol. The Hall–Kier alpha value is -2.26. The van der Waals surface area contributed by atoms with E-state index in [4.69, 9.17) is 0 Å². The number of carbonyl (C=O) groups excluding carboxylic acids is 2. The summed E-state index contributed by atoms with van der Waals surface area (Å²) in [6.45, 7) is 0.270. The molecule has 0 saturated carbocycles. The van der Waals surface area contributed by atoms with E-state index in [1.54, 1.807) is 7.05 Å². The summed E-state index contributed by atoms with van der Waals surface area (Å²) in [5, 5.41) is 13.2. The fourth-order valence-electron chi connectivity index (χ4n) is 1.91. The zero-order valence-corrected chi connectivity index (χ0v) is 15.1. The third-order valence-electron chi connectivity index (χ3n) is 3.17. The molecule has 0 aliphatic carbocycles. The van der Waals surface area contributed by atoms with Crippen LogP contribution in [0, 0.1) is 10.1 Å². The number of carbonyl (C=O) groups is 2. The van der Waals surface area contributed by atoms with Crippen molar-refractivity contribution < 1.29 is 14.5 Å². The van der Waals surface area contributed by atoms with E-state index in [-0.39, 0.29) is 23.7 Å². The summed E-state index contributed by atoms with van der Waals surface area (Å²) in [7, 11) is 1.65. The number of hydrogen-bond acceptors (Lipinski definition) is 5. The molecule has 2 rings (SSSR count). The first-order chi connectivity index (χ1) is 11.4. The van der Waals surface area contributed by atoms with Gasteiger partial charge in [-0.3, -0.25) is 19.7 Å². The lowest BCUT2D eigenvalue weighted by Gasteiger charge is -2.16. The van der Waals surface area contributed by atoms with Crippen molar-refractivity contribution in [3.63, 3.8) is 0 Å². The standard InChI is InChI=1S/C15H14BrN3O4S/c1-18(9-12-5-6-13(16)24-12)14(20)8-17-15(21)10-3-2-4-11(7-10)19(22)23/h2-7H,8-9H2,1H3,(H,17,21). The van der Waals surface area contributed by atoms with Gasteiger partial charge in [0.15, 0.2) is 0 Å². The van der Waals surface area contributed by atoms with Crippen LogP contribution in [-0.2, 0) is 11.3 Å². The van der Waals surface area contributed by atoms with E-state index >= 15 is 0 Å². The number of hydrogen-bond donors (Lipinski definition) is 1. The third-order valence-corrected chi connectivity index (χ3v) is 4.78. The van der Waals surface area contributed by atoms with Gasteiger partial charge in [-0.2, -0.15) is 0 Å². The number of amides is 2. The number of nitrogens with zero attached hydrogens (tertiary/aromatic N) is 2. The highest BCUT2D eigenvalue weighted by molar-refractivity contribution is 9.11. The van der Waals surface area contributed by atoms with Gasteiger partial charge in [-0.05, 0) is 34.1 Å². The first kappa shape index (κ1) is 18.1. The predicted molar refractivity (Wildman–Crippen MR) is 93.9 cm³/mol. The van der Waals surface area contributed by atoms with E-state index in [9.17, 15) is 19.7 Å². The van der Waals surface area contributed by atoms with E-state index in [0.717, 1.165) is 8.66 Å². The molecule has 9 heteroatoms. The van der Waals surface area contributed by atoms with Crippen molar-refractivity contribution in [2.45, 2.75) is 6.54 Å². The normalized spacial score (nSPS) is 10.2. The van der Waals surface area contributed by atoms with E-state index in [2.05, 4.69) is 21.2 Å². The summed E-state index contributed by atoms with van der Waals surface area (Å²) in [6.07, 6.45) is 0. The Kier molecular flexibility index (Phi) is 6.04. The molecule has 0 aliphatic rings. The summed E-state index contributed by atoms with van der Waals surface area (Å²) in [5.41, 5.74) is -0.0313. The lowest BCUT2D eigenvalue weighted by molar-refractivity contribution is -0.384. The van der Waals surface area contributed by atoms with Crippen LogP contribution in [0.4, 0.5) is 5.69 Å². The molecule has 1 heterocycles. The number of non-ortho nitro benzene ring substituents is 1. The second kappa shape index (κ2) is 8.02. The second-order valence-electron chi connectivity index (χ2n) is 4.95. The monoisotopic (exact) mass is 411 g/mol. The molecule has 1 aromatic carbocycles. The molecule has 0 fully saturated rings. The lowest BCUT2D eigenvalue weighted by atomic mass is 10.2. The van der Waals surface area contributed by atoms with Gasteiger partial charge in [0.05, 0.1) is 21.8 Å². The first-order valence-electron chi connectivity index (χ1n) is 6.87. The molecule has 0 atom stereocenters. The number of benzene rings is 1. The van der Waals surface area contributed by atoms with Crippen molar-refractivity contribution in [2.75, 3.05) is 13.6 Å². The average molecular weight is 412 g/mol. The summed E-state index contributed by atoms with van der Waals surface area (Å²) in [6, 6.07) is 9.18. The fraction of sp³-hybridized carbons (Fsp3) is 0.200. The molecule has 0 unspecified atom stereocenters. The molecule has 24 heavy (non-hydrogen) atoms. The van der Waals surface area contributed by atoms with Crippen LogP contribution in [0.5, 0.6) is 0 Å². The van der Waals surface area contributed by atoms with E-state index < -0.39 is 10.8 Å². The Morgan fingerprint density at radius 3 is 2.71 bits per heavy atom. The molecule has 1 N–H and O–H groups in total. The molecule has 2 amide bonds. The van der Waals surface area contributed by atoms with Crippen LogP contribution in [0.3, 0.4) is 0 Å². The van der Waals surface area contributed by atoms with Crippen LogP contribution in [-0.4, -0.2) is 35.2 Å². The number of nitro benzene ring substituents is 1. The minimum atomic E-state index is -0.575. The van der Waals surface area contributed by atoms with Crippen molar-refractivity contribution in [1.29, 1.82) is 0 Å². The van der Waals surface area contributed by atoms with Crippen molar-refractivity contribution in [1.82, 2.24) is 10.2 Å². The molecule has 0 spiro atoms. The van der Waals surface area contributed by atoms with Gasteiger partial charge in [0, 0.05) is 29.6 Å². The zero-order chi connectivity index (χ0) is 17.7. The highest BCUT2D eigenvalue weighted by Gasteiger charge is 2.15. The quantitative estimate of drug-likeness (QED) is 0.584. The topological polar surface area (TPSA) is 92.6 Å². The number of halogens is 1. The number of nitro groups is 1. The van der Waals surface area contributed by atoms with Crippen molar-refractivity contribution in [2.24, 2.45) is 0 Å². The molecule has 2 aromatic rings. The van der Waals surface area contributed by atoms with Gasteiger partial charge >= 0.3 is 0 Å². The Balaban J connectivity index is 1.89. The molecule has 0 saturated heterocycles. The number of likely N-dealkylation sites (N-methyl/N-ethyl adjacent to an activating group) is 1. The number of thiophene rings is 1. The van der Waals surface area contributed by atoms with Crippen LogP contribution in [0.15, 0.2) is 40.2 Å². The molecule has 0 bridgehead atoms. The van der Waals surface area contributed by atoms with Gasteiger partial charge < -0.3 is 10.2 Å². The largest absolute Gasteiger partial charge is 0.343 e. The highest BCUT2D eigenvalue weighted by atomic mass is 79.9. The lowest BCUT2D eigenvalue weighted by Crippen LogP contribution is -2.37. The van der Waals surface area contributed by atoms with E-state index in [1.165, 1.54) is 40.5 Å². The number of rotatable bonds is 6. The van der Waals surface area contributed by atoms with Crippen LogP contribution < -0.4 is 5.32 Å². The van der Waals surface area contributed by atoms with Gasteiger partial charge in [0.1, 0.15) is 0 Å². The van der Waals surface area contributed by atoms with Crippen LogP contribution in [0.1, 0.15) is 15.2 Å². The minimum Gasteiger partial charge on any atom is -0.343 e. The van der Waals surface area contributed by atoms with Gasteiger partial charge in [-0.25, -0.2) is 0 Å². The molecule has 1 aromatic heterocycles. The molecule has 126 valence electrons. The van der Waals surface area contributed by atoms with Gasteiger partial charge in [0.2, 0.25) is 5.91 Å². The van der Waals surface area contributed by atoms with Crippen molar-refractivity contribution in [3.8, 4) is 0 Å². The second-order valence-corrected chi connectivity index (χ2v) is 7.49. The first-order valence-corrected chi connectivity index (χ1v) is 8.48. The summed E-state index contributed by atoms with van der Waals surface area (Å²) >= 11 is 4.89. The average Bonchev–Trinajstić information content (AvgIpc) is 2.97.